The first-order valence-electron chi connectivity index (χ1n) is 7.75. The van der Waals surface area contributed by atoms with Crippen molar-refractivity contribution < 1.29 is 35.9 Å². The van der Waals surface area contributed by atoms with Crippen LogP contribution in [0.4, 0.5) is 18.9 Å². The molecule has 2 rings (SSSR count). The molecule has 0 aromatic heterocycles. The molecule has 0 atom stereocenters. The lowest BCUT2D eigenvalue weighted by Crippen LogP contribution is -2.33. The Morgan fingerprint density at radius 2 is 1.64 bits per heavy atom. The van der Waals surface area contributed by atoms with Gasteiger partial charge in [-0.15, -0.1) is 0 Å². The van der Waals surface area contributed by atoms with Crippen molar-refractivity contribution in [3.8, 4) is 11.5 Å². The van der Waals surface area contributed by atoms with Gasteiger partial charge in [0.1, 0.15) is 18.0 Å². The van der Waals surface area contributed by atoms with E-state index in [0.29, 0.717) is 17.2 Å². The van der Waals surface area contributed by atoms with Gasteiger partial charge in [-0.05, 0) is 18.2 Å². The fourth-order valence-electron chi connectivity index (χ4n) is 2.15. The highest BCUT2D eigenvalue weighted by atomic mass is 32.2. The molecule has 0 spiro atoms. The van der Waals surface area contributed by atoms with Crippen LogP contribution < -0.4 is 19.5 Å². The molecule has 1 amide bonds. The molecule has 2 N–H and O–H groups in total. The molecule has 0 aliphatic carbocycles. The molecule has 2 aromatic carbocycles. The summed E-state index contributed by atoms with van der Waals surface area (Å²) in [7, 11) is -1.57. The van der Waals surface area contributed by atoms with E-state index in [1.165, 1.54) is 43.2 Å². The highest BCUT2D eigenvalue weighted by Gasteiger charge is 2.30. The summed E-state index contributed by atoms with van der Waals surface area (Å²) in [6.07, 6.45) is -4.70. The van der Waals surface area contributed by atoms with Crippen molar-refractivity contribution in [2.75, 3.05) is 26.1 Å². The summed E-state index contributed by atoms with van der Waals surface area (Å²) >= 11 is 0. The Bertz CT molecular complexity index is 939. The maximum absolute atomic E-state index is 12.4. The first kappa shape index (κ1) is 21.5. The Balaban J connectivity index is 2.23. The summed E-state index contributed by atoms with van der Waals surface area (Å²) in [5, 5.41) is 2.55. The largest absolute Gasteiger partial charge is 0.497 e. The van der Waals surface area contributed by atoms with E-state index in [1.807, 2.05) is 0 Å². The molecule has 7 nitrogen and oxygen atoms in total. The number of carbonyl (C=O) groups is 1. The molecule has 0 aliphatic rings. The number of alkyl halides is 3. The van der Waals surface area contributed by atoms with Gasteiger partial charge in [-0.1, -0.05) is 6.07 Å². The Labute approximate surface area is 159 Å². The summed E-state index contributed by atoms with van der Waals surface area (Å²) in [5.74, 6) is 0.174. The lowest BCUT2D eigenvalue weighted by molar-refractivity contribution is -0.121. The monoisotopic (exact) mass is 418 g/mol. The molecule has 0 fully saturated rings. The second-order valence-electron chi connectivity index (χ2n) is 5.52. The van der Waals surface area contributed by atoms with Crippen molar-refractivity contribution in [3.05, 3.63) is 48.0 Å². The number of nitrogens with one attached hydrogen (secondary N) is 2. The van der Waals surface area contributed by atoms with Gasteiger partial charge >= 0.3 is 6.18 Å². The van der Waals surface area contributed by atoms with Crippen molar-refractivity contribution in [3.63, 3.8) is 0 Å². The topological polar surface area (TPSA) is 93.7 Å². The molecule has 0 bridgehead atoms. The number of sulfonamides is 1. The predicted octanol–water partition coefficient (Wildman–Crippen LogP) is 2.80. The lowest BCUT2D eigenvalue weighted by Gasteiger charge is -2.12. The molecule has 11 heteroatoms. The average Bonchev–Trinajstić information content (AvgIpc) is 2.65. The van der Waals surface area contributed by atoms with Gasteiger partial charge in [-0.25, -0.2) is 13.1 Å². The minimum atomic E-state index is -4.70. The van der Waals surface area contributed by atoms with E-state index in [2.05, 4.69) is 5.32 Å². The highest BCUT2D eigenvalue weighted by molar-refractivity contribution is 7.89. The summed E-state index contributed by atoms with van der Waals surface area (Å²) in [5.41, 5.74) is 0.265. The molecular weight excluding hydrogens is 401 g/mol. The number of hydrogen-bond donors (Lipinski definition) is 2. The van der Waals surface area contributed by atoms with Gasteiger partial charge in [0.15, 0.2) is 0 Å². The predicted molar refractivity (Wildman–Crippen MR) is 95.2 cm³/mol. The zero-order valence-electron chi connectivity index (χ0n) is 14.8. The Morgan fingerprint density at radius 1 is 1.04 bits per heavy atom. The van der Waals surface area contributed by atoms with Crippen molar-refractivity contribution >= 4 is 21.6 Å². The van der Waals surface area contributed by atoms with Crippen LogP contribution in [-0.4, -0.2) is 41.3 Å². The van der Waals surface area contributed by atoms with E-state index < -0.39 is 33.5 Å². The van der Waals surface area contributed by atoms with Crippen LogP contribution in [0.5, 0.6) is 11.5 Å². The summed E-state index contributed by atoms with van der Waals surface area (Å²) in [4.78, 5) is 12.0. The first-order chi connectivity index (χ1) is 13.0. The van der Waals surface area contributed by atoms with Crippen molar-refractivity contribution in [1.82, 2.24) is 4.72 Å². The molecule has 0 saturated heterocycles. The van der Waals surface area contributed by atoms with Crippen molar-refractivity contribution in [1.29, 1.82) is 0 Å². The molecule has 0 heterocycles. The van der Waals surface area contributed by atoms with Crippen LogP contribution in [0.15, 0.2) is 47.4 Å². The minimum Gasteiger partial charge on any atom is -0.497 e. The highest BCUT2D eigenvalue weighted by Crippen LogP contribution is 2.26. The summed E-state index contributed by atoms with van der Waals surface area (Å²) in [6.45, 7) is -1.71. The zero-order valence-corrected chi connectivity index (χ0v) is 15.6. The van der Waals surface area contributed by atoms with E-state index in [4.69, 9.17) is 9.47 Å². The molecule has 0 unspecified atom stereocenters. The molecule has 28 heavy (non-hydrogen) atoms. The van der Waals surface area contributed by atoms with Crippen LogP contribution in [0, 0.1) is 0 Å². The molecule has 152 valence electrons. The molecule has 0 radical (unpaired) electrons. The van der Waals surface area contributed by atoms with Crippen LogP contribution >= 0.6 is 0 Å². The van der Waals surface area contributed by atoms with E-state index >= 15 is 0 Å². The fourth-order valence-corrected chi connectivity index (χ4v) is 3.21. The number of methoxy groups -OCH3 is 2. The summed E-state index contributed by atoms with van der Waals surface area (Å²) in [6, 6.07) is 9.28. The molecule has 0 saturated carbocycles. The van der Waals surface area contributed by atoms with Crippen LogP contribution in [0.2, 0.25) is 0 Å². The number of ether oxygens (including phenoxy) is 2. The van der Waals surface area contributed by atoms with Crippen molar-refractivity contribution in [2.24, 2.45) is 0 Å². The third-order valence-electron chi connectivity index (χ3n) is 3.48. The SMILES string of the molecule is COc1cc(NC(=O)c2cccc(S(=O)(=O)NCC(F)(F)F)c2)cc(OC)c1. The third kappa shape index (κ3) is 5.86. The van der Waals surface area contributed by atoms with E-state index in [-0.39, 0.29) is 5.56 Å². The minimum absolute atomic E-state index is 0.0586. The fraction of sp³-hybridized carbons (Fsp3) is 0.235. The first-order valence-corrected chi connectivity index (χ1v) is 9.23. The number of rotatable bonds is 7. The maximum Gasteiger partial charge on any atom is 0.402 e. The van der Waals surface area contributed by atoms with Crippen LogP contribution in [0.3, 0.4) is 0 Å². The number of halogens is 3. The van der Waals surface area contributed by atoms with Crippen LogP contribution in [0.1, 0.15) is 10.4 Å². The lowest BCUT2D eigenvalue weighted by atomic mass is 10.2. The number of amides is 1. The van der Waals surface area contributed by atoms with Crippen LogP contribution in [-0.2, 0) is 10.0 Å². The average molecular weight is 418 g/mol. The third-order valence-corrected chi connectivity index (χ3v) is 4.88. The Hall–Kier alpha value is -2.79. The number of hydrogen-bond acceptors (Lipinski definition) is 5. The smallest absolute Gasteiger partial charge is 0.402 e. The summed E-state index contributed by atoms with van der Waals surface area (Å²) < 4.78 is 72.4. The maximum atomic E-state index is 12.4. The normalized spacial score (nSPS) is 11.8. The molecule has 2 aromatic rings. The van der Waals surface area contributed by atoms with Gasteiger partial charge < -0.3 is 14.8 Å². The van der Waals surface area contributed by atoms with Gasteiger partial charge in [0.2, 0.25) is 10.0 Å². The van der Waals surface area contributed by atoms with E-state index in [1.54, 1.807) is 6.07 Å². The Kier molecular flexibility index (Phi) is 6.52. The van der Waals surface area contributed by atoms with Gasteiger partial charge in [0.05, 0.1) is 19.1 Å². The number of carbonyl (C=O) groups excluding carboxylic acids is 1. The Morgan fingerprint density at radius 3 is 2.18 bits per heavy atom. The standard InChI is InChI=1S/C17H17F3N2O5S/c1-26-13-7-12(8-14(9-13)27-2)22-16(23)11-4-3-5-15(6-11)28(24,25)21-10-17(18,19)20/h3-9,21H,10H2,1-2H3,(H,22,23). The van der Waals surface area contributed by atoms with E-state index in [9.17, 15) is 26.4 Å². The van der Waals surface area contributed by atoms with Gasteiger partial charge in [0, 0.05) is 29.4 Å². The quantitative estimate of drug-likeness (QED) is 0.721. The van der Waals surface area contributed by atoms with Gasteiger partial charge in [-0.3, -0.25) is 4.79 Å². The number of anilines is 1. The zero-order chi connectivity index (χ0) is 20.9. The van der Waals surface area contributed by atoms with E-state index in [0.717, 1.165) is 12.1 Å². The van der Waals surface area contributed by atoms with Gasteiger partial charge in [-0.2, -0.15) is 13.2 Å². The second kappa shape index (κ2) is 8.48. The van der Waals surface area contributed by atoms with Crippen LogP contribution in [0.25, 0.3) is 0 Å². The number of benzene rings is 2. The molecular formula is C17H17F3N2O5S. The van der Waals surface area contributed by atoms with Crippen molar-refractivity contribution in [2.45, 2.75) is 11.1 Å². The second-order valence-corrected chi connectivity index (χ2v) is 7.29. The molecule has 0 aliphatic heterocycles. The van der Waals surface area contributed by atoms with Gasteiger partial charge in [0.25, 0.3) is 5.91 Å².